The standard InChI is InChI=1S/C28H26Cl2F2N2O2/c29-25-2-1-3-26(30)24(25)12-13-27(35)34-16-14-33(15-17-34)18-19-36-28(20-4-8-22(31)9-5-20)21-6-10-23(32)11-7-21/h1-13,28H,14-19H2/b13-12+. The summed E-state index contributed by atoms with van der Waals surface area (Å²) < 4.78 is 33.0. The molecule has 1 aliphatic heterocycles. The number of hydrogen-bond donors (Lipinski definition) is 0. The summed E-state index contributed by atoms with van der Waals surface area (Å²) in [4.78, 5) is 16.6. The van der Waals surface area contributed by atoms with E-state index < -0.39 is 6.10 Å². The molecule has 4 nitrogen and oxygen atoms in total. The molecule has 0 aliphatic carbocycles. The maximum Gasteiger partial charge on any atom is 0.246 e. The molecule has 1 aliphatic rings. The summed E-state index contributed by atoms with van der Waals surface area (Å²) in [6.07, 6.45) is 2.72. The van der Waals surface area contributed by atoms with Crippen LogP contribution in [0.4, 0.5) is 8.78 Å². The molecule has 0 radical (unpaired) electrons. The first kappa shape index (κ1) is 26.3. The predicted octanol–water partition coefficient (Wildman–Crippen LogP) is 6.24. The molecule has 8 heteroatoms. The molecule has 3 aromatic rings. The maximum atomic E-state index is 13.4. The van der Waals surface area contributed by atoms with E-state index in [2.05, 4.69) is 4.90 Å². The lowest BCUT2D eigenvalue weighted by Gasteiger charge is -2.34. The summed E-state index contributed by atoms with van der Waals surface area (Å²) in [6.45, 7) is 3.73. The van der Waals surface area contributed by atoms with Crippen LogP contribution in [0, 0.1) is 11.6 Å². The van der Waals surface area contributed by atoms with Gasteiger partial charge in [0, 0.05) is 54.4 Å². The Labute approximate surface area is 219 Å². The molecule has 0 aromatic heterocycles. The van der Waals surface area contributed by atoms with E-state index in [0.717, 1.165) is 11.1 Å². The molecule has 1 amide bonds. The molecule has 1 fully saturated rings. The minimum Gasteiger partial charge on any atom is -0.367 e. The van der Waals surface area contributed by atoms with Crippen LogP contribution >= 0.6 is 23.2 Å². The van der Waals surface area contributed by atoms with E-state index in [-0.39, 0.29) is 17.5 Å². The van der Waals surface area contributed by atoms with Crippen molar-refractivity contribution in [1.82, 2.24) is 9.80 Å². The molecule has 0 bridgehead atoms. The van der Waals surface area contributed by atoms with Gasteiger partial charge in [-0.15, -0.1) is 0 Å². The summed E-state index contributed by atoms with van der Waals surface area (Å²) in [5.41, 5.74) is 2.22. The Morgan fingerprint density at radius 1 is 0.861 bits per heavy atom. The second-order valence-corrected chi connectivity index (χ2v) is 9.30. The number of nitrogens with zero attached hydrogens (tertiary/aromatic N) is 2. The van der Waals surface area contributed by atoms with Gasteiger partial charge in [0.15, 0.2) is 0 Å². The third kappa shape index (κ3) is 6.92. The quantitative estimate of drug-likeness (QED) is 0.323. The SMILES string of the molecule is O=C(/C=C/c1c(Cl)cccc1Cl)N1CCN(CCOC(c2ccc(F)cc2)c2ccc(F)cc2)CC1. The smallest absolute Gasteiger partial charge is 0.246 e. The summed E-state index contributed by atoms with van der Waals surface area (Å²) in [7, 11) is 0. The number of carbonyl (C=O) groups is 1. The highest BCUT2D eigenvalue weighted by atomic mass is 35.5. The first-order valence-corrected chi connectivity index (χ1v) is 12.4. The van der Waals surface area contributed by atoms with Crippen LogP contribution in [0.5, 0.6) is 0 Å². The molecule has 0 N–H and O–H groups in total. The number of amides is 1. The van der Waals surface area contributed by atoms with E-state index in [9.17, 15) is 13.6 Å². The molecule has 36 heavy (non-hydrogen) atoms. The first-order chi connectivity index (χ1) is 17.4. The average Bonchev–Trinajstić information content (AvgIpc) is 2.88. The summed E-state index contributed by atoms with van der Waals surface area (Å²) in [5, 5.41) is 0.992. The lowest BCUT2D eigenvalue weighted by atomic mass is 10.0. The first-order valence-electron chi connectivity index (χ1n) is 11.7. The molecule has 0 saturated carbocycles. The van der Waals surface area contributed by atoms with E-state index in [1.807, 2.05) is 0 Å². The lowest BCUT2D eigenvalue weighted by molar-refractivity contribution is -0.127. The molecular formula is C28H26Cl2F2N2O2. The number of halogens is 4. The Morgan fingerprint density at radius 2 is 1.39 bits per heavy atom. The van der Waals surface area contributed by atoms with Crippen molar-refractivity contribution in [2.45, 2.75) is 6.10 Å². The Hall–Kier alpha value is -2.77. The van der Waals surface area contributed by atoms with Gasteiger partial charge in [0.2, 0.25) is 5.91 Å². The van der Waals surface area contributed by atoms with Gasteiger partial charge < -0.3 is 9.64 Å². The molecule has 1 heterocycles. The Morgan fingerprint density at radius 3 is 1.92 bits per heavy atom. The third-order valence-corrected chi connectivity index (χ3v) is 6.77. The van der Waals surface area contributed by atoms with Crippen molar-refractivity contribution >= 4 is 35.2 Å². The van der Waals surface area contributed by atoms with Crippen molar-refractivity contribution in [3.63, 3.8) is 0 Å². The Bertz CT molecular complexity index is 1130. The normalized spacial score (nSPS) is 14.6. The topological polar surface area (TPSA) is 32.8 Å². The predicted molar refractivity (Wildman–Crippen MR) is 139 cm³/mol. The van der Waals surface area contributed by atoms with E-state index in [1.165, 1.54) is 30.3 Å². The van der Waals surface area contributed by atoms with Gasteiger partial charge in [0.05, 0.1) is 6.61 Å². The van der Waals surface area contributed by atoms with Gasteiger partial charge in [-0.05, 0) is 53.6 Å². The molecule has 0 spiro atoms. The number of ether oxygens (including phenoxy) is 1. The monoisotopic (exact) mass is 530 g/mol. The highest BCUT2D eigenvalue weighted by Crippen LogP contribution is 2.27. The minimum absolute atomic E-state index is 0.0884. The Balaban J connectivity index is 1.29. The van der Waals surface area contributed by atoms with Crippen LogP contribution in [0.25, 0.3) is 6.08 Å². The molecule has 0 atom stereocenters. The van der Waals surface area contributed by atoms with Gasteiger partial charge in [-0.1, -0.05) is 53.5 Å². The van der Waals surface area contributed by atoms with Gasteiger partial charge in [-0.2, -0.15) is 0 Å². The number of rotatable bonds is 8. The number of piperazine rings is 1. The van der Waals surface area contributed by atoms with Crippen molar-refractivity contribution in [3.8, 4) is 0 Å². The van der Waals surface area contributed by atoms with Crippen molar-refractivity contribution in [2.75, 3.05) is 39.3 Å². The van der Waals surface area contributed by atoms with Gasteiger partial charge in [-0.3, -0.25) is 9.69 Å². The molecule has 3 aromatic carbocycles. The van der Waals surface area contributed by atoms with E-state index in [0.29, 0.717) is 54.9 Å². The maximum absolute atomic E-state index is 13.4. The van der Waals surface area contributed by atoms with E-state index in [1.54, 1.807) is 53.4 Å². The summed E-state index contributed by atoms with van der Waals surface area (Å²) in [5.74, 6) is -0.739. The third-order valence-electron chi connectivity index (χ3n) is 6.11. The van der Waals surface area contributed by atoms with E-state index in [4.69, 9.17) is 27.9 Å². The highest BCUT2D eigenvalue weighted by Gasteiger charge is 2.21. The zero-order chi connectivity index (χ0) is 25.5. The number of hydrogen-bond acceptors (Lipinski definition) is 3. The lowest BCUT2D eigenvalue weighted by Crippen LogP contribution is -2.49. The summed E-state index contributed by atoms with van der Waals surface area (Å²) in [6, 6.07) is 17.5. The second kappa shape index (κ2) is 12.5. The van der Waals surface area contributed by atoms with Crippen molar-refractivity contribution in [3.05, 3.63) is 111 Å². The van der Waals surface area contributed by atoms with Crippen LogP contribution in [0.15, 0.2) is 72.8 Å². The van der Waals surface area contributed by atoms with Crippen LogP contribution in [-0.4, -0.2) is 55.0 Å². The second-order valence-electron chi connectivity index (χ2n) is 8.49. The van der Waals surface area contributed by atoms with Crippen molar-refractivity contribution in [1.29, 1.82) is 0 Å². The molecule has 1 saturated heterocycles. The van der Waals surface area contributed by atoms with Gasteiger partial charge in [-0.25, -0.2) is 8.78 Å². The number of carbonyl (C=O) groups excluding carboxylic acids is 1. The van der Waals surface area contributed by atoms with Crippen LogP contribution in [0.2, 0.25) is 10.0 Å². The molecule has 188 valence electrons. The van der Waals surface area contributed by atoms with Crippen LogP contribution in [0.1, 0.15) is 22.8 Å². The molecule has 4 rings (SSSR count). The van der Waals surface area contributed by atoms with Gasteiger partial charge in [0.1, 0.15) is 17.7 Å². The van der Waals surface area contributed by atoms with Crippen LogP contribution < -0.4 is 0 Å². The summed E-state index contributed by atoms with van der Waals surface area (Å²) >= 11 is 12.3. The average molecular weight is 531 g/mol. The zero-order valence-electron chi connectivity index (χ0n) is 19.5. The number of benzene rings is 3. The van der Waals surface area contributed by atoms with Crippen LogP contribution in [0.3, 0.4) is 0 Å². The molecular weight excluding hydrogens is 505 g/mol. The fourth-order valence-corrected chi connectivity index (χ4v) is 4.60. The Kier molecular flexibility index (Phi) is 9.10. The van der Waals surface area contributed by atoms with Crippen LogP contribution in [-0.2, 0) is 9.53 Å². The fourth-order valence-electron chi connectivity index (χ4n) is 4.08. The van der Waals surface area contributed by atoms with Crippen molar-refractivity contribution < 1.29 is 18.3 Å². The molecule has 0 unspecified atom stereocenters. The highest BCUT2D eigenvalue weighted by molar-refractivity contribution is 6.37. The minimum atomic E-state index is -0.434. The fraction of sp³-hybridized carbons (Fsp3) is 0.250. The van der Waals surface area contributed by atoms with Gasteiger partial charge in [0.25, 0.3) is 0 Å². The van der Waals surface area contributed by atoms with Crippen molar-refractivity contribution in [2.24, 2.45) is 0 Å². The van der Waals surface area contributed by atoms with E-state index >= 15 is 0 Å². The van der Waals surface area contributed by atoms with Gasteiger partial charge >= 0.3 is 0 Å². The largest absolute Gasteiger partial charge is 0.367 e. The zero-order valence-corrected chi connectivity index (χ0v) is 21.1.